The van der Waals surface area contributed by atoms with Crippen LogP contribution in [0, 0.1) is 6.92 Å². The second-order valence-electron chi connectivity index (χ2n) is 10.2. The molecule has 0 radical (unpaired) electrons. The molecule has 35 heavy (non-hydrogen) atoms. The first kappa shape index (κ1) is 26.0. The first-order chi connectivity index (χ1) is 16.3. The maximum absolute atomic E-state index is 13.4. The van der Waals surface area contributed by atoms with Crippen LogP contribution >= 0.6 is 34.8 Å². The number of halogens is 3. The van der Waals surface area contributed by atoms with E-state index in [4.69, 9.17) is 39.5 Å². The fourth-order valence-corrected chi connectivity index (χ4v) is 5.55. The molecule has 2 aromatic carbocycles. The highest BCUT2D eigenvalue weighted by Crippen LogP contribution is 2.39. The van der Waals surface area contributed by atoms with Crippen molar-refractivity contribution >= 4 is 40.8 Å². The highest BCUT2D eigenvalue weighted by molar-refractivity contribution is 6.35. The van der Waals surface area contributed by atoms with Gasteiger partial charge in [-0.1, -0.05) is 46.9 Å². The summed E-state index contributed by atoms with van der Waals surface area (Å²) in [7, 11) is 0. The first-order valence-corrected chi connectivity index (χ1v) is 12.4. The number of nitrogens with zero attached hydrogens (tertiary/aromatic N) is 3. The van der Waals surface area contributed by atoms with Crippen LogP contribution in [0.1, 0.15) is 56.6 Å². The Hall–Kier alpha value is -2.09. The lowest BCUT2D eigenvalue weighted by Crippen LogP contribution is -2.60. The Bertz CT molecular complexity index is 1250. The van der Waals surface area contributed by atoms with Gasteiger partial charge in [0.05, 0.1) is 16.4 Å². The molecule has 0 unspecified atom stereocenters. The topological polar surface area (TPSA) is 67.6 Å². The van der Waals surface area contributed by atoms with Crippen LogP contribution < -0.4 is 0 Å². The fraction of sp³-hybridized carbons (Fsp3) is 0.385. The molecule has 1 aliphatic rings. The lowest BCUT2D eigenvalue weighted by atomic mass is 9.80. The summed E-state index contributed by atoms with van der Waals surface area (Å²) in [6.07, 6.45) is 0.607. The minimum absolute atomic E-state index is 0.197. The minimum Gasteiger partial charge on any atom is -0.457 e. The maximum atomic E-state index is 13.4. The van der Waals surface area contributed by atoms with Crippen LogP contribution in [0.2, 0.25) is 15.1 Å². The van der Waals surface area contributed by atoms with E-state index in [1.807, 2.05) is 46.8 Å². The molecule has 1 saturated heterocycles. The number of hydrogen-bond acceptors (Lipinski definition) is 5. The summed E-state index contributed by atoms with van der Waals surface area (Å²) in [6.45, 7) is 9.54. The van der Waals surface area contributed by atoms with Crippen molar-refractivity contribution in [1.82, 2.24) is 14.8 Å². The van der Waals surface area contributed by atoms with Crippen molar-refractivity contribution in [2.45, 2.75) is 64.6 Å². The van der Waals surface area contributed by atoms with Crippen molar-refractivity contribution in [3.05, 3.63) is 68.8 Å². The molecular formula is C26H28Cl3N3O3. The monoisotopic (exact) mass is 535 g/mol. The number of piperidine rings is 1. The number of aromatic nitrogens is 2. The second kappa shape index (κ2) is 9.41. The number of esters is 1. The van der Waals surface area contributed by atoms with Crippen LogP contribution in [-0.4, -0.2) is 43.2 Å². The van der Waals surface area contributed by atoms with E-state index in [9.17, 15) is 10.0 Å². The molecule has 4 rings (SSSR count). The van der Waals surface area contributed by atoms with Gasteiger partial charge in [-0.15, -0.1) is 0 Å². The summed E-state index contributed by atoms with van der Waals surface area (Å²) < 4.78 is 7.60. The van der Waals surface area contributed by atoms with Gasteiger partial charge in [0.15, 0.2) is 5.69 Å². The van der Waals surface area contributed by atoms with Gasteiger partial charge in [0.25, 0.3) is 0 Å². The Labute approximate surface area is 220 Å². The fourth-order valence-electron chi connectivity index (χ4n) is 4.93. The third-order valence-electron chi connectivity index (χ3n) is 6.45. The molecule has 0 spiro atoms. The quantitative estimate of drug-likeness (QED) is 0.352. The van der Waals surface area contributed by atoms with Crippen molar-refractivity contribution in [1.29, 1.82) is 0 Å². The van der Waals surface area contributed by atoms with E-state index >= 15 is 0 Å². The van der Waals surface area contributed by atoms with Crippen LogP contribution in [-0.2, 0) is 4.74 Å². The van der Waals surface area contributed by atoms with Crippen LogP contribution in [0.25, 0.3) is 16.9 Å². The summed E-state index contributed by atoms with van der Waals surface area (Å²) in [4.78, 5) is 13.4. The molecule has 2 heterocycles. The van der Waals surface area contributed by atoms with Gasteiger partial charge in [-0.05, 0) is 65.0 Å². The molecule has 0 bridgehead atoms. The van der Waals surface area contributed by atoms with Gasteiger partial charge in [0.2, 0.25) is 0 Å². The number of carbonyl (C=O) groups excluding carboxylic acids is 1. The standard InChI is InChI=1S/C26H28Cl3N3O3/c1-15-22(24(33)35-19-13-25(2,3)32(34)26(4,5)14-19)30-31(21-11-10-18(28)12-20(21)29)23(15)16-6-8-17(27)9-7-16/h6-12,19,34H,13-14H2,1-5H3. The van der Waals surface area contributed by atoms with Gasteiger partial charge in [0.1, 0.15) is 6.10 Å². The molecule has 186 valence electrons. The van der Waals surface area contributed by atoms with Gasteiger partial charge in [0, 0.05) is 45.1 Å². The van der Waals surface area contributed by atoms with E-state index in [1.54, 1.807) is 35.0 Å². The normalized spacial score (nSPS) is 18.0. The lowest BCUT2D eigenvalue weighted by molar-refractivity contribution is -0.256. The van der Waals surface area contributed by atoms with Crippen LogP contribution in [0.3, 0.4) is 0 Å². The SMILES string of the molecule is Cc1c(C(=O)OC2CC(C)(C)N(O)C(C)(C)C2)nn(-c2ccc(Cl)cc2Cl)c1-c1ccc(Cl)cc1. The third kappa shape index (κ3) is 5.09. The summed E-state index contributed by atoms with van der Waals surface area (Å²) >= 11 is 18.7. The zero-order valence-corrected chi connectivity index (χ0v) is 22.5. The summed E-state index contributed by atoms with van der Waals surface area (Å²) in [6, 6.07) is 12.4. The van der Waals surface area contributed by atoms with Gasteiger partial charge >= 0.3 is 5.97 Å². The number of hydrogen-bond donors (Lipinski definition) is 1. The molecule has 0 aliphatic carbocycles. The van der Waals surface area contributed by atoms with Crippen LogP contribution in [0.5, 0.6) is 0 Å². The predicted octanol–water partition coefficient (Wildman–Crippen LogP) is 7.38. The number of ether oxygens (including phenoxy) is 1. The van der Waals surface area contributed by atoms with E-state index in [2.05, 4.69) is 5.10 Å². The van der Waals surface area contributed by atoms with Crippen molar-refractivity contribution in [3.63, 3.8) is 0 Å². The van der Waals surface area contributed by atoms with Crippen LogP contribution in [0.4, 0.5) is 0 Å². The molecular weight excluding hydrogens is 509 g/mol. The Balaban J connectivity index is 1.76. The van der Waals surface area contributed by atoms with Gasteiger partial charge in [-0.2, -0.15) is 10.2 Å². The predicted molar refractivity (Wildman–Crippen MR) is 139 cm³/mol. The van der Waals surface area contributed by atoms with Crippen molar-refractivity contribution in [3.8, 4) is 16.9 Å². The molecule has 3 aromatic rings. The smallest absolute Gasteiger partial charge is 0.359 e. The van der Waals surface area contributed by atoms with Crippen molar-refractivity contribution in [2.24, 2.45) is 0 Å². The van der Waals surface area contributed by atoms with E-state index in [0.29, 0.717) is 44.9 Å². The molecule has 6 nitrogen and oxygen atoms in total. The van der Waals surface area contributed by atoms with Crippen molar-refractivity contribution in [2.75, 3.05) is 0 Å². The van der Waals surface area contributed by atoms with E-state index in [-0.39, 0.29) is 11.8 Å². The van der Waals surface area contributed by atoms with Crippen LogP contribution in [0.15, 0.2) is 42.5 Å². The Kier molecular flexibility index (Phi) is 6.99. The summed E-state index contributed by atoms with van der Waals surface area (Å²) in [5.74, 6) is -0.524. The summed E-state index contributed by atoms with van der Waals surface area (Å²) in [5, 5.41) is 18.1. The average Bonchev–Trinajstić information content (AvgIpc) is 3.09. The first-order valence-electron chi connectivity index (χ1n) is 11.3. The summed E-state index contributed by atoms with van der Waals surface area (Å²) in [5.41, 5.74) is 1.85. The number of hydroxylamine groups is 2. The second-order valence-corrected chi connectivity index (χ2v) is 11.5. The Morgan fingerprint density at radius 3 is 2.14 bits per heavy atom. The highest BCUT2D eigenvalue weighted by Gasteiger charge is 2.46. The molecule has 9 heteroatoms. The molecule has 0 amide bonds. The highest BCUT2D eigenvalue weighted by atomic mass is 35.5. The number of benzene rings is 2. The number of rotatable bonds is 4. The molecule has 0 saturated carbocycles. The lowest BCUT2D eigenvalue weighted by Gasteiger charge is -2.50. The van der Waals surface area contributed by atoms with Gasteiger partial charge in [-0.3, -0.25) is 0 Å². The maximum Gasteiger partial charge on any atom is 0.359 e. The van der Waals surface area contributed by atoms with E-state index in [0.717, 1.165) is 5.56 Å². The van der Waals surface area contributed by atoms with Gasteiger partial charge < -0.3 is 9.94 Å². The molecule has 1 fully saturated rings. The zero-order valence-electron chi connectivity index (χ0n) is 20.3. The van der Waals surface area contributed by atoms with E-state index < -0.39 is 17.0 Å². The molecule has 1 aliphatic heterocycles. The molecule has 1 aromatic heterocycles. The van der Waals surface area contributed by atoms with E-state index in [1.165, 1.54) is 5.06 Å². The van der Waals surface area contributed by atoms with Gasteiger partial charge in [-0.25, -0.2) is 9.48 Å². The Morgan fingerprint density at radius 2 is 1.57 bits per heavy atom. The molecule has 1 N–H and O–H groups in total. The van der Waals surface area contributed by atoms with Crippen molar-refractivity contribution < 1.29 is 14.7 Å². The Morgan fingerprint density at radius 1 is 1.00 bits per heavy atom. The largest absolute Gasteiger partial charge is 0.457 e. The average molecular weight is 537 g/mol. The minimum atomic E-state index is -0.549. The third-order valence-corrected chi connectivity index (χ3v) is 7.24. The number of carbonyl (C=O) groups is 1. The zero-order chi connectivity index (χ0) is 25.7. The molecule has 0 atom stereocenters.